The van der Waals surface area contributed by atoms with Gasteiger partial charge in [0.2, 0.25) is 5.88 Å². The fraction of sp³-hybridized carbons (Fsp3) is 0.533. The van der Waals surface area contributed by atoms with Crippen LogP contribution in [-0.4, -0.2) is 33.4 Å². The Morgan fingerprint density at radius 1 is 1.24 bits per heavy atom. The molecule has 1 unspecified atom stereocenters. The SMILES string of the molecule is CCNC(c1nccnc1OC)c1cc(CC)nn1CC. The average Bonchev–Trinajstić information content (AvgIpc) is 2.95. The van der Waals surface area contributed by atoms with Gasteiger partial charge in [-0.3, -0.25) is 9.67 Å². The standard InChI is InChI=1S/C15H23N5O/c1-5-11-10-12(20(7-3)19-11)13(16-6-2)14-15(21-4)18-9-8-17-14/h8-10,13,16H,5-7H2,1-4H3. The molecule has 0 aliphatic carbocycles. The van der Waals surface area contributed by atoms with Crippen molar-refractivity contribution in [3.8, 4) is 5.88 Å². The van der Waals surface area contributed by atoms with Crippen LogP contribution in [0.3, 0.4) is 0 Å². The maximum absolute atomic E-state index is 5.36. The molecule has 0 aliphatic rings. The Morgan fingerprint density at radius 3 is 2.62 bits per heavy atom. The second kappa shape index (κ2) is 7.17. The highest BCUT2D eigenvalue weighted by molar-refractivity contribution is 5.30. The smallest absolute Gasteiger partial charge is 0.237 e. The van der Waals surface area contributed by atoms with Crippen molar-refractivity contribution >= 4 is 0 Å². The molecule has 0 saturated carbocycles. The van der Waals surface area contributed by atoms with E-state index >= 15 is 0 Å². The van der Waals surface area contributed by atoms with E-state index in [2.05, 4.69) is 47.2 Å². The molecular formula is C15H23N5O. The fourth-order valence-electron chi connectivity index (χ4n) is 2.38. The van der Waals surface area contributed by atoms with Crippen LogP contribution in [0.25, 0.3) is 0 Å². The maximum atomic E-state index is 5.36. The summed E-state index contributed by atoms with van der Waals surface area (Å²) in [4.78, 5) is 8.72. The number of methoxy groups -OCH3 is 1. The molecule has 2 heterocycles. The van der Waals surface area contributed by atoms with Gasteiger partial charge in [-0.25, -0.2) is 4.98 Å². The van der Waals surface area contributed by atoms with Gasteiger partial charge < -0.3 is 10.1 Å². The zero-order valence-corrected chi connectivity index (χ0v) is 13.1. The Balaban J connectivity index is 2.50. The van der Waals surface area contributed by atoms with Gasteiger partial charge in [-0.1, -0.05) is 13.8 Å². The van der Waals surface area contributed by atoms with Crippen LogP contribution in [0.2, 0.25) is 0 Å². The Hall–Kier alpha value is -1.95. The molecule has 1 N–H and O–H groups in total. The summed E-state index contributed by atoms with van der Waals surface area (Å²) in [6.07, 6.45) is 4.24. The van der Waals surface area contributed by atoms with E-state index in [1.54, 1.807) is 19.5 Å². The van der Waals surface area contributed by atoms with Gasteiger partial charge in [0.05, 0.1) is 24.5 Å². The maximum Gasteiger partial charge on any atom is 0.237 e. The zero-order valence-electron chi connectivity index (χ0n) is 13.1. The van der Waals surface area contributed by atoms with Crippen molar-refractivity contribution in [2.45, 2.75) is 39.8 Å². The van der Waals surface area contributed by atoms with Crippen LogP contribution in [0.15, 0.2) is 18.5 Å². The molecule has 0 aliphatic heterocycles. The van der Waals surface area contributed by atoms with Crippen molar-refractivity contribution in [2.24, 2.45) is 0 Å². The molecular weight excluding hydrogens is 266 g/mol. The van der Waals surface area contributed by atoms with E-state index in [1.165, 1.54) is 0 Å². The first kappa shape index (κ1) is 15.4. The van der Waals surface area contributed by atoms with Crippen molar-refractivity contribution in [1.82, 2.24) is 25.1 Å². The third kappa shape index (κ3) is 3.21. The van der Waals surface area contributed by atoms with Crippen LogP contribution in [-0.2, 0) is 13.0 Å². The lowest BCUT2D eigenvalue weighted by atomic mass is 10.1. The predicted octanol–water partition coefficient (Wildman–Crippen LogP) is 1.96. The van der Waals surface area contributed by atoms with Crippen LogP contribution >= 0.6 is 0 Å². The largest absolute Gasteiger partial charge is 0.480 e. The number of nitrogens with one attached hydrogen (secondary N) is 1. The summed E-state index contributed by atoms with van der Waals surface area (Å²) in [5.74, 6) is 0.547. The summed E-state index contributed by atoms with van der Waals surface area (Å²) in [7, 11) is 1.62. The highest BCUT2D eigenvalue weighted by Gasteiger charge is 2.23. The van der Waals surface area contributed by atoms with E-state index < -0.39 is 0 Å². The van der Waals surface area contributed by atoms with Crippen LogP contribution < -0.4 is 10.1 Å². The lowest BCUT2D eigenvalue weighted by molar-refractivity contribution is 0.380. The van der Waals surface area contributed by atoms with Crippen molar-refractivity contribution in [1.29, 1.82) is 0 Å². The van der Waals surface area contributed by atoms with E-state index in [0.29, 0.717) is 5.88 Å². The molecule has 0 bridgehead atoms. The second-order valence-electron chi connectivity index (χ2n) is 4.67. The zero-order chi connectivity index (χ0) is 15.2. The molecule has 0 saturated heterocycles. The van der Waals surface area contributed by atoms with Crippen LogP contribution in [0, 0.1) is 0 Å². The summed E-state index contributed by atoms with van der Waals surface area (Å²) >= 11 is 0. The van der Waals surface area contributed by atoms with E-state index in [4.69, 9.17) is 4.74 Å². The van der Waals surface area contributed by atoms with E-state index in [-0.39, 0.29) is 6.04 Å². The Morgan fingerprint density at radius 2 is 2.00 bits per heavy atom. The number of ether oxygens (including phenoxy) is 1. The van der Waals surface area contributed by atoms with E-state index in [0.717, 1.165) is 36.6 Å². The van der Waals surface area contributed by atoms with Crippen LogP contribution in [0.1, 0.15) is 43.9 Å². The second-order valence-corrected chi connectivity index (χ2v) is 4.67. The average molecular weight is 289 g/mol. The van der Waals surface area contributed by atoms with Gasteiger partial charge in [0.1, 0.15) is 5.69 Å². The monoisotopic (exact) mass is 289 g/mol. The summed E-state index contributed by atoms with van der Waals surface area (Å²) in [5.41, 5.74) is 2.96. The van der Waals surface area contributed by atoms with Gasteiger partial charge >= 0.3 is 0 Å². The topological polar surface area (TPSA) is 64.9 Å². The lowest BCUT2D eigenvalue weighted by Crippen LogP contribution is -2.26. The lowest BCUT2D eigenvalue weighted by Gasteiger charge is -2.19. The molecule has 1 atom stereocenters. The van der Waals surface area contributed by atoms with Crippen molar-refractivity contribution in [3.63, 3.8) is 0 Å². The predicted molar refractivity (Wildman–Crippen MR) is 81.4 cm³/mol. The number of aryl methyl sites for hydroxylation is 2. The third-order valence-corrected chi connectivity index (χ3v) is 3.39. The Kier molecular flexibility index (Phi) is 5.27. The summed E-state index contributed by atoms with van der Waals surface area (Å²) in [6.45, 7) is 7.91. The minimum atomic E-state index is -0.0774. The van der Waals surface area contributed by atoms with E-state index in [9.17, 15) is 0 Å². The molecule has 0 aromatic carbocycles. The Bertz CT molecular complexity index is 581. The van der Waals surface area contributed by atoms with Gasteiger partial charge in [0.15, 0.2) is 0 Å². The minimum Gasteiger partial charge on any atom is -0.480 e. The molecule has 0 fully saturated rings. The van der Waals surface area contributed by atoms with Crippen LogP contribution in [0.5, 0.6) is 5.88 Å². The highest BCUT2D eigenvalue weighted by atomic mass is 16.5. The van der Waals surface area contributed by atoms with Gasteiger partial charge in [0, 0.05) is 18.9 Å². The van der Waals surface area contributed by atoms with Crippen molar-refractivity contribution in [2.75, 3.05) is 13.7 Å². The highest BCUT2D eigenvalue weighted by Crippen LogP contribution is 2.27. The van der Waals surface area contributed by atoms with Gasteiger partial charge in [-0.15, -0.1) is 0 Å². The molecule has 2 rings (SSSR count). The quantitative estimate of drug-likeness (QED) is 0.844. The van der Waals surface area contributed by atoms with Crippen molar-refractivity contribution < 1.29 is 4.74 Å². The van der Waals surface area contributed by atoms with Gasteiger partial charge in [-0.2, -0.15) is 5.10 Å². The molecule has 2 aromatic heterocycles. The summed E-state index contributed by atoms with van der Waals surface area (Å²) in [6, 6.07) is 2.05. The Labute approximate surface area is 125 Å². The number of hydrogen-bond acceptors (Lipinski definition) is 5. The number of nitrogens with zero attached hydrogens (tertiary/aromatic N) is 4. The molecule has 0 radical (unpaired) electrons. The normalized spacial score (nSPS) is 12.4. The van der Waals surface area contributed by atoms with Gasteiger partial charge in [-0.05, 0) is 26.0 Å². The first-order valence-corrected chi connectivity index (χ1v) is 7.39. The first-order valence-electron chi connectivity index (χ1n) is 7.39. The van der Waals surface area contributed by atoms with Gasteiger partial charge in [0.25, 0.3) is 0 Å². The van der Waals surface area contributed by atoms with Crippen LogP contribution in [0.4, 0.5) is 0 Å². The summed E-state index contributed by atoms with van der Waals surface area (Å²) in [5, 5.41) is 8.08. The molecule has 2 aromatic rings. The third-order valence-electron chi connectivity index (χ3n) is 3.39. The summed E-state index contributed by atoms with van der Waals surface area (Å²) < 4.78 is 7.37. The molecule has 0 amide bonds. The number of rotatable bonds is 7. The molecule has 114 valence electrons. The fourth-order valence-corrected chi connectivity index (χ4v) is 2.38. The molecule has 6 heteroatoms. The van der Waals surface area contributed by atoms with E-state index in [1.807, 2.05) is 4.68 Å². The molecule has 0 spiro atoms. The molecule has 6 nitrogen and oxygen atoms in total. The van der Waals surface area contributed by atoms with Crippen molar-refractivity contribution in [3.05, 3.63) is 35.5 Å². The molecule has 21 heavy (non-hydrogen) atoms. The number of hydrogen-bond donors (Lipinski definition) is 1. The first-order chi connectivity index (χ1) is 10.2. The minimum absolute atomic E-state index is 0.0774. The number of aromatic nitrogens is 4.